The largest absolute Gasteiger partial charge is 0.439 e. The fourth-order valence-corrected chi connectivity index (χ4v) is 7.60. The lowest BCUT2D eigenvalue weighted by Gasteiger charge is -2.40. The van der Waals surface area contributed by atoms with E-state index in [2.05, 4.69) is 16.0 Å². The Morgan fingerprint density at radius 2 is 1.75 bits per heavy atom. The molecule has 2 aliphatic carbocycles. The van der Waals surface area contributed by atoms with E-state index in [1.54, 1.807) is 12.1 Å². The first-order chi connectivity index (χ1) is 22.8. The van der Waals surface area contributed by atoms with Crippen molar-refractivity contribution < 1.29 is 33.8 Å². The van der Waals surface area contributed by atoms with Crippen molar-refractivity contribution in [3.05, 3.63) is 30.3 Å². The molecular weight excluding hydrogens is 614 g/mol. The summed E-state index contributed by atoms with van der Waals surface area (Å²) in [5.41, 5.74) is -2.69. The van der Waals surface area contributed by atoms with Crippen LogP contribution in [0, 0.1) is 11.3 Å². The molecule has 48 heavy (non-hydrogen) atoms. The number of rotatable bonds is 13. The highest BCUT2D eigenvalue weighted by Crippen LogP contribution is 2.40. The van der Waals surface area contributed by atoms with Crippen LogP contribution in [0.5, 0.6) is 0 Å². The number of aliphatic hydroxyl groups is 1. The van der Waals surface area contributed by atoms with Crippen molar-refractivity contribution >= 4 is 35.8 Å². The molecule has 4 aliphatic rings. The average Bonchev–Trinajstić information content (AvgIpc) is 3.70. The lowest BCUT2D eigenvalue weighted by molar-refractivity contribution is -0.145. The Bertz CT molecular complexity index is 1340. The molecule has 4 amide bonds. The highest BCUT2D eigenvalue weighted by Gasteiger charge is 2.58. The van der Waals surface area contributed by atoms with Crippen LogP contribution in [0.2, 0.25) is 0 Å². The molecule has 1 unspecified atom stereocenters. The summed E-state index contributed by atoms with van der Waals surface area (Å²) in [6.07, 6.45) is 6.55. The second kappa shape index (κ2) is 14.5. The lowest BCUT2D eigenvalue weighted by Crippen LogP contribution is -2.69. The molecule has 1 aromatic rings. The van der Waals surface area contributed by atoms with Crippen LogP contribution >= 0.6 is 0 Å². The molecule has 4 N–H and O–H groups in total. The number of benzene rings is 1. The van der Waals surface area contributed by atoms with Crippen molar-refractivity contribution in [1.82, 2.24) is 20.9 Å². The Labute approximate surface area is 283 Å². The van der Waals surface area contributed by atoms with E-state index in [4.69, 9.17) is 4.74 Å². The predicted octanol–water partition coefficient (Wildman–Crippen LogP) is 3.41. The Hall–Kier alpha value is -3.51. The lowest BCUT2D eigenvalue weighted by atomic mass is 9.84. The molecular formula is C36H53N5O7. The number of amides is 4. The molecule has 12 heteroatoms. The number of aldehydes is 1. The maximum absolute atomic E-state index is 14.6. The highest BCUT2D eigenvalue weighted by molar-refractivity contribution is 5.95. The third kappa shape index (κ3) is 8.02. The van der Waals surface area contributed by atoms with Gasteiger partial charge in [0, 0.05) is 24.6 Å². The van der Waals surface area contributed by atoms with Crippen molar-refractivity contribution in [1.29, 1.82) is 0 Å². The zero-order valence-corrected chi connectivity index (χ0v) is 28.8. The third-order valence-corrected chi connectivity index (χ3v) is 10.3. The summed E-state index contributed by atoms with van der Waals surface area (Å²) in [5.74, 6) is -0.937. The Morgan fingerprint density at radius 3 is 2.35 bits per heavy atom. The van der Waals surface area contributed by atoms with E-state index in [-0.39, 0.29) is 43.8 Å². The van der Waals surface area contributed by atoms with Gasteiger partial charge in [0.1, 0.15) is 23.9 Å². The Balaban J connectivity index is 1.45. The second-order valence-corrected chi connectivity index (χ2v) is 15.4. The molecule has 0 aromatic heterocycles. The number of ether oxygens (including phenoxy) is 1. The van der Waals surface area contributed by atoms with Crippen LogP contribution in [0.1, 0.15) is 98.3 Å². The molecule has 2 heterocycles. The van der Waals surface area contributed by atoms with E-state index in [1.165, 1.54) is 16.2 Å². The van der Waals surface area contributed by atoms with Gasteiger partial charge in [0.15, 0.2) is 11.9 Å². The van der Waals surface area contributed by atoms with Crippen LogP contribution in [0.4, 0.5) is 10.5 Å². The summed E-state index contributed by atoms with van der Waals surface area (Å²) < 4.78 is 6.01. The molecule has 4 fully saturated rings. The topological polar surface area (TPSA) is 157 Å². The summed E-state index contributed by atoms with van der Waals surface area (Å²) in [5, 5.41) is 20.2. The second-order valence-electron chi connectivity index (χ2n) is 15.4. The van der Waals surface area contributed by atoms with Crippen LogP contribution < -0.4 is 20.9 Å². The van der Waals surface area contributed by atoms with Gasteiger partial charge >= 0.3 is 6.09 Å². The van der Waals surface area contributed by atoms with E-state index < -0.39 is 52.8 Å². The van der Waals surface area contributed by atoms with Gasteiger partial charge < -0.3 is 30.2 Å². The zero-order chi connectivity index (χ0) is 34.7. The molecule has 1 spiro atoms. The summed E-state index contributed by atoms with van der Waals surface area (Å²) in [4.78, 5) is 70.5. The fraction of sp³-hybridized carbons (Fsp3) is 0.694. The molecule has 2 aliphatic heterocycles. The number of carbonyl (C=O) groups excluding carboxylic acids is 5. The number of likely N-dealkylation sites (tertiary alicyclic amines) is 1. The van der Waals surface area contributed by atoms with Crippen molar-refractivity contribution in [2.75, 3.05) is 18.0 Å². The first-order valence-electron chi connectivity index (χ1n) is 17.7. The van der Waals surface area contributed by atoms with Crippen molar-refractivity contribution in [2.24, 2.45) is 11.3 Å². The average molecular weight is 668 g/mol. The highest BCUT2D eigenvalue weighted by atomic mass is 16.6. The van der Waals surface area contributed by atoms with E-state index in [0.717, 1.165) is 38.5 Å². The minimum absolute atomic E-state index is 0.00927. The Morgan fingerprint density at radius 1 is 1.06 bits per heavy atom. The predicted molar refractivity (Wildman–Crippen MR) is 180 cm³/mol. The summed E-state index contributed by atoms with van der Waals surface area (Å²) >= 11 is 0. The van der Waals surface area contributed by atoms with Crippen LogP contribution in [0.15, 0.2) is 30.3 Å². The van der Waals surface area contributed by atoms with Crippen LogP contribution in [0.3, 0.4) is 0 Å². The monoisotopic (exact) mass is 667 g/mol. The number of anilines is 1. The molecule has 1 aromatic carbocycles. The van der Waals surface area contributed by atoms with Gasteiger partial charge in [-0.1, -0.05) is 71.6 Å². The maximum Gasteiger partial charge on any atom is 0.415 e. The van der Waals surface area contributed by atoms with E-state index in [1.807, 2.05) is 45.9 Å². The third-order valence-electron chi connectivity index (χ3n) is 10.3. The van der Waals surface area contributed by atoms with Gasteiger partial charge in [-0.2, -0.15) is 0 Å². The summed E-state index contributed by atoms with van der Waals surface area (Å²) in [6, 6.07) is 7.06. The molecule has 0 radical (unpaired) electrons. The summed E-state index contributed by atoms with van der Waals surface area (Å²) in [7, 11) is 0. The van der Waals surface area contributed by atoms with Gasteiger partial charge in [-0.15, -0.1) is 0 Å². The SMILES string of the molecule is CCC[C@@](NC(=O)[C@@H]1C[C@]2(CN(c3ccccc3)C(=O)O2)CN1C(=O)[C@@H](NC(=O)CC1CCCCC1)C(C)(C)C)(NC1CC1)C(O)C=O. The molecule has 2 saturated heterocycles. The van der Waals surface area contributed by atoms with Gasteiger partial charge in [-0.25, -0.2) is 4.79 Å². The number of nitrogens with zero attached hydrogens (tertiary/aromatic N) is 2. The summed E-state index contributed by atoms with van der Waals surface area (Å²) in [6.45, 7) is 7.57. The first kappa shape index (κ1) is 35.8. The molecule has 264 valence electrons. The number of hydrogen-bond donors (Lipinski definition) is 4. The van der Waals surface area contributed by atoms with Gasteiger partial charge in [-0.3, -0.25) is 24.6 Å². The van der Waals surface area contributed by atoms with Crippen LogP contribution in [-0.2, 0) is 23.9 Å². The molecule has 12 nitrogen and oxygen atoms in total. The standard InChI is InChI=1S/C36H53N5O7/c1-5-18-36(28(43)21-42,38-25-16-17-25)39-31(45)27-20-35(22-40(33(47)48-35)26-14-10-7-11-15-26)23-41(27)32(46)30(34(2,3)4)37-29(44)19-24-12-8-6-9-13-24/h7,10-11,14-15,21,24-25,27-28,30,38,43H,5-6,8-9,12-13,16-20,22-23H2,1-4H3,(H,37,44)(H,39,45)/t27-,28?,30+,35-,36-/m0/s1. The number of aliphatic hydroxyl groups excluding tert-OH is 1. The molecule has 2 saturated carbocycles. The zero-order valence-electron chi connectivity index (χ0n) is 28.8. The van der Waals surface area contributed by atoms with Crippen molar-refractivity contribution in [2.45, 2.75) is 134 Å². The minimum Gasteiger partial charge on any atom is -0.439 e. The first-order valence-corrected chi connectivity index (χ1v) is 17.7. The number of carbonyl (C=O) groups is 5. The fourth-order valence-electron chi connectivity index (χ4n) is 7.60. The van der Waals surface area contributed by atoms with Gasteiger partial charge in [0.2, 0.25) is 17.7 Å². The van der Waals surface area contributed by atoms with Crippen molar-refractivity contribution in [3.8, 4) is 0 Å². The van der Waals surface area contributed by atoms with E-state index >= 15 is 0 Å². The molecule has 5 atom stereocenters. The smallest absolute Gasteiger partial charge is 0.415 e. The van der Waals surface area contributed by atoms with E-state index in [0.29, 0.717) is 24.8 Å². The van der Waals surface area contributed by atoms with Gasteiger partial charge in [-0.05, 0) is 55.6 Å². The van der Waals surface area contributed by atoms with Crippen LogP contribution in [0.25, 0.3) is 0 Å². The number of hydrogen-bond acceptors (Lipinski definition) is 8. The van der Waals surface area contributed by atoms with Gasteiger partial charge in [0.25, 0.3) is 0 Å². The minimum atomic E-state index is -1.53. The quantitative estimate of drug-likeness (QED) is 0.184. The van der Waals surface area contributed by atoms with E-state index in [9.17, 15) is 29.1 Å². The maximum atomic E-state index is 14.6. The van der Waals surface area contributed by atoms with Crippen molar-refractivity contribution in [3.63, 3.8) is 0 Å². The Kier molecular flexibility index (Phi) is 10.8. The van der Waals surface area contributed by atoms with Crippen LogP contribution in [-0.4, -0.2) is 88.7 Å². The number of nitrogens with one attached hydrogen (secondary N) is 3. The molecule has 5 rings (SSSR count). The van der Waals surface area contributed by atoms with Gasteiger partial charge in [0.05, 0.1) is 13.1 Å². The number of para-hydroxylation sites is 1. The normalized spacial score (nSPS) is 25.7. The molecule has 0 bridgehead atoms.